The Bertz CT molecular complexity index is 1990. The van der Waals surface area contributed by atoms with Gasteiger partial charge in [0.1, 0.15) is 24.7 Å². The Morgan fingerprint density at radius 3 is 1.54 bits per heavy atom. The number of carbonyl (C=O) groups is 4. The van der Waals surface area contributed by atoms with Crippen LogP contribution >= 0.6 is 0 Å². The fourth-order valence-electron chi connectivity index (χ4n) is 5.35. The topological polar surface area (TPSA) is 178 Å². The van der Waals surface area contributed by atoms with Crippen LogP contribution in [-0.2, 0) is 32.2 Å². The number of imidazole rings is 2. The van der Waals surface area contributed by atoms with E-state index in [9.17, 15) is 32.3 Å². The number of halogens is 3. The van der Waals surface area contributed by atoms with Gasteiger partial charge in [-0.05, 0) is 48.9 Å². The highest BCUT2D eigenvalue weighted by molar-refractivity contribution is 5.82. The third-order valence-corrected chi connectivity index (χ3v) is 8.22. The first-order valence-corrected chi connectivity index (χ1v) is 17.5. The Hall–Kier alpha value is -6.35. The Labute approximate surface area is 322 Å². The Kier molecular flexibility index (Phi) is 15.4. The van der Waals surface area contributed by atoms with Gasteiger partial charge in [-0.1, -0.05) is 43.0 Å². The van der Waals surface area contributed by atoms with E-state index >= 15 is 0 Å². The predicted octanol–water partition coefficient (Wildman–Crippen LogP) is 4.14. The molecule has 0 atom stereocenters. The van der Waals surface area contributed by atoms with Gasteiger partial charge in [-0.25, -0.2) is 19.6 Å². The number of amides is 4. The summed E-state index contributed by atoms with van der Waals surface area (Å²) in [5.74, 6) is 6.54. The average Bonchev–Trinajstić information content (AvgIpc) is 3.86. The Morgan fingerprint density at radius 1 is 0.714 bits per heavy atom. The molecule has 0 bridgehead atoms. The number of rotatable bonds is 16. The van der Waals surface area contributed by atoms with E-state index in [1.807, 2.05) is 55.5 Å². The number of H-pyrrole nitrogens is 2. The summed E-state index contributed by atoms with van der Waals surface area (Å²) in [4.78, 5) is 67.5. The van der Waals surface area contributed by atoms with Gasteiger partial charge in [0.05, 0.1) is 57.6 Å². The molecule has 4 aromatic rings. The number of benzene rings is 2. The first-order valence-electron chi connectivity index (χ1n) is 17.5. The van der Waals surface area contributed by atoms with Gasteiger partial charge in [0, 0.05) is 30.8 Å². The highest BCUT2D eigenvalue weighted by atomic mass is 19.4. The highest BCUT2D eigenvalue weighted by Gasteiger charge is 2.29. The van der Waals surface area contributed by atoms with Crippen molar-refractivity contribution in [2.45, 2.75) is 32.6 Å². The molecule has 0 unspecified atom stereocenters. The maximum absolute atomic E-state index is 12.9. The number of aromatic amines is 2. The number of alkyl carbamates (subject to hydrolysis) is 2. The summed E-state index contributed by atoms with van der Waals surface area (Å²) in [5.41, 5.74) is 4.68. The largest absolute Gasteiger partial charge is 0.453 e. The number of aromatic nitrogens is 4. The van der Waals surface area contributed by atoms with E-state index in [1.54, 1.807) is 17.3 Å². The molecule has 298 valence electrons. The van der Waals surface area contributed by atoms with E-state index in [0.717, 1.165) is 46.4 Å². The molecule has 2 aromatic heterocycles. The summed E-state index contributed by atoms with van der Waals surface area (Å²) in [5, 5.41) is 4.70. The van der Waals surface area contributed by atoms with Crippen molar-refractivity contribution in [3.63, 3.8) is 0 Å². The molecular formula is C38H44F3N9O6. The summed E-state index contributed by atoms with van der Waals surface area (Å²) in [6.07, 6.45) is -1.84. The first kappa shape index (κ1) is 42.4. The van der Waals surface area contributed by atoms with E-state index < -0.39 is 37.4 Å². The minimum absolute atomic E-state index is 0.0261. The zero-order valence-corrected chi connectivity index (χ0v) is 31.5. The molecule has 0 fully saturated rings. The summed E-state index contributed by atoms with van der Waals surface area (Å²) in [6, 6.07) is 15.0. The average molecular weight is 780 g/mol. The maximum atomic E-state index is 12.9. The molecule has 4 rings (SSSR count). The van der Waals surface area contributed by atoms with Crippen molar-refractivity contribution in [1.29, 1.82) is 0 Å². The molecule has 0 saturated heterocycles. The van der Waals surface area contributed by atoms with Crippen LogP contribution in [0.3, 0.4) is 0 Å². The summed E-state index contributed by atoms with van der Waals surface area (Å²) < 4.78 is 47.5. The van der Waals surface area contributed by atoms with E-state index in [4.69, 9.17) is 0 Å². The summed E-state index contributed by atoms with van der Waals surface area (Å²) in [6.45, 7) is 0.885. The van der Waals surface area contributed by atoms with E-state index in [1.165, 1.54) is 19.1 Å². The van der Waals surface area contributed by atoms with Crippen LogP contribution in [0.5, 0.6) is 0 Å². The highest BCUT2D eigenvalue weighted by Crippen LogP contribution is 2.21. The van der Waals surface area contributed by atoms with Gasteiger partial charge >= 0.3 is 18.4 Å². The van der Waals surface area contributed by atoms with Crippen LogP contribution in [0.4, 0.5) is 22.8 Å². The van der Waals surface area contributed by atoms with Gasteiger partial charge in [0.25, 0.3) is 0 Å². The normalized spacial score (nSPS) is 11.0. The smallest absolute Gasteiger partial charge is 0.407 e. The van der Waals surface area contributed by atoms with Crippen molar-refractivity contribution in [2.75, 3.05) is 60.5 Å². The lowest BCUT2D eigenvalue weighted by molar-refractivity contribution is -0.144. The van der Waals surface area contributed by atoms with Crippen molar-refractivity contribution in [2.24, 2.45) is 0 Å². The third kappa shape index (κ3) is 13.5. The molecule has 0 aliphatic rings. The number of ether oxygens (including phenoxy) is 2. The number of hydrogen-bond donors (Lipinski definition) is 4. The van der Waals surface area contributed by atoms with Crippen LogP contribution in [0.1, 0.15) is 36.1 Å². The monoisotopic (exact) mass is 779 g/mol. The van der Waals surface area contributed by atoms with E-state index in [-0.39, 0.29) is 38.6 Å². The number of nitrogens with one attached hydrogen (secondary N) is 4. The van der Waals surface area contributed by atoms with Gasteiger partial charge in [-0.2, -0.15) is 13.2 Å². The lowest BCUT2D eigenvalue weighted by Gasteiger charge is -2.25. The maximum Gasteiger partial charge on any atom is 0.407 e. The number of alkyl halides is 3. The van der Waals surface area contributed by atoms with Crippen molar-refractivity contribution in [1.82, 2.24) is 45.3 Å². The standard InChI is InChI=1S/C38H44F3N9O6/c1-5-16-49(34(51)21-44-36(53)55-3)23-32-42-19-30(46-32)28-12-8-26(9-13-28)6-7-27-10-14-29(15-11-27)31-20-43-33(47-31)24-50(35(52)22-45-37(54)56-4)18-17-48(2)25-38(39,40)41/h8-15,19-20H,5,16-18,21-25H2,1-4H3,(H,42,46)(H,43,47)(H,44,53)(H,45,54). The van der Waals surface area contributed by atoms with Crippen LogP contribution in [0.15, 0.2) is 60.9 Å². The number of carbonyl (C=O) groups excluding carboxylic acids is 4. The minimum atomic E-state index is -4.38. The molecule has 2 heterocycles. The minimum Gasteiger partial charge on any atom is -0.453 e. The van der Waals surface area contributed by atoms with Crippen molar-refractivity contribution < 1.29 is 41.8 Å². The predicted molar refractivity (Wildman–Crippen MR) is 200 cm³/mol. The lowest BCUT2D eigenvalue weighted by Crippen LogP contribution is -2.44. The van der Waals surface area contributed by atoms with Crippen LogP contribution in [0.25, 0.3) is 22.5 Å². The molecule has 2 aromatic carbocycles. The van der Waals surface area contributed by atoms with Gasteiger partial charge < -0.3 is 39.9 Å². The van der Waals surface area contributed by atoms with Gasteiger partial charge in [-0.15, -0.1) is 0 Å². The first-order chi connectivity index (χ1) is 26.8. The molecule has 18 heteroatoms. The zero-order chi connectivity index (χ0) is 40.7. The second-order valence-electron chi connectivity index (χ2n) is 12.6. The van der Waals surface area contributed by atoms with Crippen molar-refractivity contribution >= 4 is 24.0 Å². The van der Waals surface area contributed by atoms with Crippen LogP contribution in [0, 0.1) is 11.8 Å². The molecule has 4 amide bonds. The second kappa shape index (κ2) is 20.4. The molecule has 0 aliphatic heterocycles. The molecular weight excluding hydrogens is 735 g/mol. The van der Waals surface area contributed by atoms with E-state index in [2.05, 4.69) is 51.9 Å². The summed E-state index contributed by atoms with van der Waals surface area (Å²) in [7, 11) is 3.69. The summed E-state index contributed by atoms with van der Waals surface area (Å²) >= 11 is 0. The fourth-order valence-corrected chi connectivity index (χ4v) is 5.35. The Morgan fingerprint density at radius 2 is 1.14 bits per heavy atom. The van der Waals surface area contributed by atoms with Gasteiger partial charge in [0.2, 0.25) is 11.8 Å². The lowest BCUT2D eigenvalue weighted by atomic mass is 10.1. The molecule has 4 N–H and O–H groups in total. The van der Waals surface area contributed by atoms with E-state index in [0.29, 0.717) is 23.9 Å². The SMILES string of the molecule is CCCN(Cc1ncc(-c2ccc(C#Cc3ccc(-c4cnc(CN(CCN(C)CC(F)(F)F)C(=O)CNC(=O)OC)[nH]4)cc3)cc2)[nH]1)C(=O)CNC(=O)OC. The third-order valence-electron chi connectivity index (χ3n) is 8.22. The molecule has 0 aliphatic carbocycles. The molecule has 0 radical (unpaired) electrons. The number of methoxy groups -OCH3 is 2. The zero-order valence-electron chi connectivity index (χ0n) is 31.5. The Balaban J connectivity index is 1.35. The van der Waals surface area contributed by atoms with Gasteiger partial charge in [-0.3, -0.25) is 14.5 Å². The second-order valence-corrected chi connectivity index (χ2v) is 12.6. The van der Waals surface area contributed by atoms with Crippen LogP contribution < -0.4 is 10.6 Å². The molecule has 0 spiro atoms. The molecule has 56 heavy (non-hydrogen) atoms. The van der Waals surface area contributed by atoms with Crippen molar-refractivity contribution in [3.05, 3.63) is 83.7 Å². The van der Waals surface area contributed by atoms with Gasteiger partial charge in [0.15, 0.2) is 0 Å². The van der Waals surface area contributed by atoms with Crippen LogP contribution in [-0.4, -0.2) is 125 Å². The molecule has 0 saturated carbocycles. The van der Waals surface area contributed by atoms with Crippen molar-refractivity contribution in [3.8, 4) is 34.4 Å². The molecule has 15 nitrogen and oxygen atoms in total. The fraction of sp³-hybridized carbons (Fsp3) is 0.368. The van der Waals surface area contributed by atoms with Crippen LogP contribution in [0.2, 0.25) is 0 Å². The number of hydrogen-bond acceptors (Lipinski definition) is 9. The number of likely N-dealkylation sites (N-methyl/N-ethyl adjacent to an activating group) is 1. The number of nitrogens with zero attached hydrogens (tertiary/aromatic N) is 5. The quantitative estimate of drug-likeness (QED) is 0.122.